The number of carbonyl (C=O) groups excluding carboxylic acids is 1. The van der Waals surface area contributed by atoms with Crippen LogP contribution in [0.3, 0.4) is 0 Å². The predicted octanol–water partition coefficient (Wildman–Crippen LogP) is 6.53. The highest BCUT2D eigenvalue weighted by molar-refractivity contribution is 7.14. The second-order valence-electron chi connectivity index (χ2n) is 10.7. The predicted molar refractivity (Wildman–Crippen MR) is 150 cm³/mol. The van der Waals surface area contributed by atoms with Gasteiger partial charge in [0.2, 0.25) is 5.91 Å². The molecule has 2 fully saturated rings. The van der Waals surface area contributed by atoms with Crippen LogP contribution in [0.1, 0.15) is 51.4 Å². The van der Waals surface area contributed by atoms with Crippen molar-refractivity contribution in [3.8, 4) is 22.4 Å². The van der Waals surface area contributed by atoms with E-state index in [0.717, 1.165) is 59.1 Å². The molecular weight excluding hydrogens is 496 g/mol. The van der Waals surface area contributed by atoms with Crippen LogP contribution in [0.25, 0.3) is 33.4 Å². The summed E-state index contributed by atoms with van der Waals surface area (Å²) in [5.41, 5.74) is 5.87. The number of nitrogens with zero attached hydrogens (tertiary/aromatic N) is 4. The summed E-state index contributed by atoms with van der Waals surface area (Å²) in [5, 5.41) is 12.3. The molecular formula is C30H32N4O3S. The average Bonchev–Trinajstić information content (AvgIpc) is 3.27. The molecule has 1 amide bonds. The zero-order chi connectivity index (χ0) is 26.2. The van der Waals surface area contributed by atoms with Gasteiger partial charge in [0.15, 0.2) is 5.13 Å². The number of carboxylic acid groups (broad SMARTS) is 1. The molecule has 2 saturated carbocycles. The number of thiazole rings is 1. The van der Waals surface area contributed by atoms with Crippen molar-refractivity contribution in [1.29, 1.82) is 0 Å². The fourth-order valence-corrected chi connectivity index (χ4v) is 6.73. The van der Waals surface area contributed by atoms with Crippen LogP contribution in [0.2, 0.25) is 0 Å². The van der Waals surface area contributed by atoms with E-state index in [1.54, 1.807) is 0 Å². The molecule has 1 unspecified atom stereocenters. The smallest absolute Gasteiger partial charge is 0.304 e. The Morgan fingerprint density at radius 1 is 1.13 bits per heavy atom. The summed E-state index contributed by atoms with van der Waals surface area (Å²) >= 11 is 1.47. The molecule has 1 atom stereocenters. The average molecular weight is 529 g/mol. The summed E-state index contributed by atoms with van der Waals surface area (Å²) in [6.07, 6.45) is 10.8. The molecule has 196 valence electrons. The molecule has 0 saturated heterocycles. The van der Waals surface area contributed by atoms with Crippen LogP contribution in [0.15, 0.2) is 54.2 Å². The zero-order valence-electron chi connectivity index (χ0n) is 21.5. The highest BCUT2D eigenvalue weighted by Crippen LogP contribution is 2.40. The first-order chi connectivity index (χ1) is 18.5. The summed E-state index contributed by atoms with van der Waals surface area (Å²) in [7, 11) is 2.01. The zero-order valence-corrected chi connectivity index (χ0v) is 22.4. The molecule has 0 spiro atoms. The van der Waals surface area contributed by atoms with Crippen LogP contribution in [-0.2, 0) is 16.6 Å². The molecule has 8 heteroatoms. The highest BCUT2D eigenvalue weighted by Gasteiger charge is 2.40. The minimum absolute atomic E-state index is 0.0747. The third kappa shape index (κ3) is 4.97. The van der Waals surface area contributed by atoms with Crippen molar-refractivity contribution in [2.75, 3.05) is 4.90 Å². The van der Waals surface area contributed by atoms with Crippen LogP contribution in [-0.4, -0.2) is 37.6 Å². The maximum Gasteiger partial charge on any atom is 0.304 e. The van der Waals surface area contributed by atoms with Gasteiger partial charge in [0.25, 0.3) is 0 Å². The highest BCUT2D eigenvalue weighted by atomic mass is 32.1. The van der Waals surface area contributed by atoms with Crippen LogP contribution < -0.4 is 4.90 Å². The standard InChI is InChI=1S/C30H32N4O3S/c1-33-13-12-25-27(33)15-21(17-31-25)23-8-4-5-9-24(23)26-18-38-30(32-26)34(22-10-11-22)29(37)20(16-28(35)36)14-19-6-2-3-7-19/h4-5,8-9,12-13,15,17-20,22H,2-3,6-7,10-11,14,16H2,1H3,(H,35,36). The molecule has 3 aromatic heterocycles. The van der Waals surface area contributed by atoms with Gasteiger partial charge in [-0.05, 0) is 42.9 Å². The number of fused-ring (bicyclic) bond motifs is 1. The van der Waals surface area contributed by atoms with Crippen molar-refractivity contribution in [1.82, 2.24) is 14.5 Å². The van der Waals surface area contributed by atoms with Gasteiger partial charge in [-0.25, -0.2) is 4.98 Å². The Bertz CT molecular complexity index is 1480. The quantitative estimate of drug-likeness (QED) is 0.267. The molecule has 2 aliphatic carbocycles. The first-order valence-corrected chi connectivity index (χ1v) is 14.4. The van der Waals surface area contributed by atoms with E-state index in [-0.39, 0.29) is 18.4 Å². The number of hydrogen-bond donors (Lipinski definition) is 1. The Balaban J connectivity index is 1.32. The van der Waals surface area contributed by atoms with Gasteiger partial charge in [-0.3, -0.25) is 19.5 Å². The Labute approximate surface area is 226 Å². The van der Waals surface area contributed by atoms with Gasteiger partial charge in [-0.15, -0.1) is 11.3 Å². The summed E-state index contributed by atoms with van der Waals surface area (Å²) in [5.74, 6) is -1.04. The number of carboxylic acids is 1. The van der Waals surface area contributed by atoms with Crippen molar-refractivity contribution >= 4 is 39.4 Å². The van der Waals surface area contributed by atoms with Crippen molar-refractivity contribution in [3.63, 3.8) is 0 Å². The number of aliphatic carboxylic acids is 1. The Morgan fingerprint density at radius 2 is 1.89 bits per heavy atom. The monoisotopic (exact) mass is 528 g/mol. The first kappa shape index (κ1) is 24.8. The summed E-state index contributed by atoms with van der Waals surface area (Å²) in [4.78, 5) is 36.9. The minimum Gasteiger partial charge on any atom is -0.481 e. The summed E-state index contributed by atoms with van der Waals surface area (Å²) in [6, 6.07) is 12.4. The van der Waals surface area contributed by atoms with Crippen LogP contribution in [0, 0.1) is 11.8 Å². The number of pyridine rings is 1. The van der Waals surface area contributed by atoms with E-state index in [1.807, 2.05) is 47.9 Å². The number of benzene rings is 1. The number of anilines is 1. The fraction of sp³-hybridized carbons (Fsp3) is 0.400. The van der Waals surface area contributed by atoms with Gasteiger partial charge in [0, 0.05) is 47.9 Å². The third-order valence-corrected chi connectivity index (χ3v) is 8.80. The second kappa shape index (κ2) is 10.3. The number of carbonyl (C=O) groups is 2. The SMILES string of the molecule is Cn1ccc2ncc(-c3ccccc3-c3csc(N(C(=O)C(CC(=O)O)CC4CCCC4)C4CC4)n3)cc21. The molecule has 0 aliphatic heterocycles. The van der Waals surface area contributed by atoms with E-state index < -0.39 is 11.9 Å². The van der Waals surface area contributed by atoms with Crippen LogP contribution >= 0.6 is 11.3 Å². The minimum atomic E-state index is -0.908. The molecule has 3 heterocycles. The van der Waals surface area contributed by atoms with Gasteiger partial charge in [-0.1, -0.05) is 49.9 Å². The molecule has 0 bridgehead atoms. The first-order valence-electron chi connectivity index (χ1n) is 13.5. The number of aryl methyl sites for hydroxylation is 1. The van der Waals surface area contributed by atoms with Crippen molar-refractivity contribution in [2.45, 2.75) is 57.4 Å². The molecule has 4 aromatic rings. The Kier molecular flexibility index (Phi) is 6.74. The number of hydrogen-bond acceptors (Lipinski definition) is 5. The number of aromatic nitrogens is 3. The van der Waals surface area contributed by atoms with E-state index in [4.69, 9.17) is 4.98 Å². The fourth-order valence-electron chi connectivity index (χ4n) is 5.83. The van der Waals surface area contributed by atoms with Crippen LogP contribution in [0.4, 0.5) is 5.13 Å². The van der Waals surface area contributed by atoms with E-state index in [2.05, 4.69) is 27.8 Å². The summed E-state index contributed by atoms with van der Waals surface area (Å²) in [6.45, 7) is 0. The van der Waals surface area contributed by atoms with E-state index in [0.29, 0.717) is 17.5 Å². The lowest BCUT2D eigenvalue weighted by Gasteiger charge is -2.26. The van der Waals surface area contributed by atoms with Crippen LogP contribution in [0.5, 0.6) is 0 Å². The number of amides is 1. The Morgan fingerprint density at radius 3 is 2.63 bits per heavy atom. The molecule has 38 heavy (non-hydrogen) atoms. The normalized spacial score (nSPS) is 16.7. The largest absolute Gasteiger partial charge is 0.481 e. The van der Waals surface area contributed by atoms with Gasteiger partial charge in [-0.2, -0.15) is 0 Å². The van der Waals surface area contributed by atoms with Gasteiger partial charge in [0.05, 0.1) is 23.1 Å². The summed E-state index contributed by atoms with van der Waals surface area (Å²) < 4.78 is 2.06. The molecule has 1 N–H and O–H groups in total. The van der Waals surface area contributed by atoms with Gasteiger partial charge < -0.3 is 9.67 Å². The lowest BCUT2D eigenvalue weighted by Crippen LogP contribution is -2.39. The number of rotatable bonds is 9. The molecule has 7 nitrogen and oxygen atoms in total. The molecule has 1 aromatic carbocycles. The third-order valence-electron chi connectivity index (χ3n) is 7.96. The van der Waals surface area contributed by atoms with E-state index in [9.17, 15) is 14.7 Å². The molecule has 0 radical (unpaired) electrons. The van der Waals surface area contributed by atoms with E-state index in [1.165, 1.54) is 24.2 Å². The molecule has 2 aliphatic rings. The second-order valence-corrected chi connectivity index (χ2v) is 11.6. The van der Waals surface area contributed by atoms with Gasteiger partial charge >= 0.3 is 5.97 Å². The van der Waals surface area contributed by atoms with Crippen molar-refractivity contribution in [3.05, 3.63) is 54.2 Å². The molecule has 6 rings (SSSR count). The van der Waals surface area contributed by atoms with E-state index >= 15 is 0 Å². The maximum atomic E-state index is 13.8. The topological polar surface area (TPSA) is 88.3 Å². The van der Waals surface area contributed by atoms with Gasteiger partial charge in [0.1, 0.15) is 0 Å². The maximum absolute atomic E-state index is 13.8. The van der Waals surface area contributed by atoms with Crippen molar-refractivity contribution in [2.24, 2.45) is 18.9 Å². The lowest BCUT2D eigenvalue weighted by molar-refractivity contribution is -0.141. The van der Waals surface area contributed by atoms with Crippen molar-refractivity contribution < 1.29 is 14.7 Å². The lowest BCUT2D eigenvalue weighted by atomic mass is 9.90. The Hall–Kier alpha value is -3.52.